The molecule has 2 aromatic heterocycles. The van der Waals surface area contributed by atoms with E-state index in [2.05, 4.69) is 9.97 Å². The molecule has 5 rings (SSSR count). The van der Waals surface area contributed by atoms with E-state index in [9.17, 15) is 22.8 Å². The number of ketones is 1. The highest BCUT2D eigenvalue weighted by atomic mass is 19.4. The Balaban J connectivity index is 1.55. The van der Waals surface area contributed by atoms with E-state index < -0.39 is 30.1 Å². The zero-order valence-corrected chi connectivity index (χ0v) is 17.8. The molecule has 2 unspecified atom stereocenters. The lowest BCUT2D eigenvalue weighted by Gasteiger charge is -2.39. The molecule has 9 nitrogen and oxygen atoms in total. The Morgan fingerprint density at radius 3 is 2.85 bits per heavy atom. The number of hydrogen-bond acceptors (Lipinski definition) is 8. The van der Waals surface area contributed by atoms with E-state index >= 15 is 0 Å². The lowest BCUT2D eigenvalue weighted by atomic mass is 10.1. The van der Waals surface area contributed by atoms with Crippen LogP contribution >= 0.6 is 0 Å². The molecule has 2 bridgehead atoms. The van der Waals surface area contributed by atoms with Gasteiger partial charge in [-0.25, -0.2) is 4.98 Å². The molecule has 2 aromatic rings. The third-order valence-corrected chi connectivity index (χ3v) is 6.39. The molecule has 12 heteroatoms. The predicted molar refractivity (Wildman–Crippen MR) is 111 cm³/mol. The minimum atomic E-state index is -4.61. The van der Waals surface area contributed by atoms with Crippen LogP contribution in [0.4, 0.5) is 24.9 Å². The van der Waals surface area contributed by atoms with Crippen LogP contribution in [0.2, 0.25) is 0 Å². The first-order valence-corrected chi connectivity index (χ1v) is 10.6. The highest BCUT2D eigenvalue weighted by Gasteiger charge is 2.48. The van der Waals surface area contributed by atoms with Gasteiger partial charge in [0.05, 0.1) is 38.0 Å². The molecule has 0 saturated carbocycles. The van der Waals surface area contributed by atoms with Crippen LogP contribution in [-0.2, 0) is 11.3 Å². The van der Waals surface area contributed by atoms with Crippen LogP contribution < -0.4 is 20.1 Å². The lowest BCUT2D eigenvalue weighted by molar-refractivity contribution is -0.152. The zero-order chi connectivity index (χ0) is 23.3. The van der Waals surface area contributed by atoms with Gasteiger partial charge in [-0.2, -0.15) is 18.2 Å². The molecule has 3 aliphatic rings. The van der Waals surface area contributed by atoms with Crippen molar-refractivity contribution in [2.75, 3.05) is 36.6 Å². The summed E-state index contributed by atoms with van der Waals surface area (Å²) in [6.07, 6.45) is -2.75. The molecule has 2 fully saturated rings. The van der Waals surface area contributed by atoms with E-state index in [0.29, 0.717) is 19.0 Å². The third kappa shape index (κ3) is 3.81. The van der Waals surface area contributed by atoms with Crippen molar-refractivity contribution in [3.63, 3.8) is 0 Å². The van der Waals surface area contributed by atoms with E-state index in [1.165, 1.54) is 36.1 Å². The number of aromatic nitrogens is 3. The fourth-order valence-corrected chi connectivity index (χ4v) is 4.81. The van der Waals surface area contributed by atoms with Gasteiger partial charge in [0.2, 0.25) is 11.8 Å². The number of rotatable bonds is 5. The molecule has 2 saturated heterocycles. The maximum Gasteiger partial charge on any atom is 0.408 e. The number of ether oxygens (including phenoxy) is 2. The molecule has 33 heavy (non-hydrogen) atoms. The average Bonchev–Trinajstić information content (AvgIpc) is 3.42. The van der Waals surface area contributed by atoms with Gasteiger partial charge in [-0.15, -0.1) is 0 Å². The summed E-state index contributed by atoms with van der Waals surface area (Å²) in [7, 11) is 1.33. The van der Waals surface area contributed by atoms with E-state index in [0.717, 1.165) is 11.3 Å². The molecule has 0 aliphatic carbocycles. The Morgan fingerprint density at radius 1 is 1.36 bits per heavy atom. The molecule has 0 aromatic carbocycles. The topological polar surface area (TPSA) is 89.8 Å². The number of pyridine rings is 1. The summed E-state index contributed by atoms with van der Waals surface area (Å²) in [6.45, 7) is 0.243. The van der Waals surface area contributed by atoms with Crippen molar-refractivity contribution in [1.82, 2.24) is 14.5 Å². The number of fused-ring (bicyclic) bond motifs is 3. The second-order valence-electron chi connectivity index (χ2n) is 8.36. The molecular weight excluding hydrogens is 443 g/mol. The molecule has 0 radical (unpaired) electrons. The van der Waals surface area contributed by atoms with Crippen LogP contribution in [0.25, 0.3) is 0 Å². The number of hydrogen-bond donors (Lipinski definition) is 0. The first-order valence-electron chi connectivity index (χ1n) is 10.6. The summed E-state index contributed by atoms with van der Waals surface area (Å²) >= 11 is 0. The summed E-state index contributed by atoms with van der Waals surface area (Å²) < 4.78 is 53.8. The van der Waals surface area contributed by atoms with Crippen LogP contribution in [0, 0.1) is 0 Å². The van der Waals surface area contributed by atoms with Gasteiger partial charge in [-0.05, 0) is 25.0 Å². The van der Waals surface area contributed by atoms with E-state index in [4.69, 9.17) is 9.47 Å². The van der Waals surface area contributed by atoms with Crippen molar-refractivity contribution < 1.29 is 27.4 Å². The highest BCUT2D eigenvalue weighted by molar-refractivity contribution is 6.01. The first kappa shape index (κ1) is 21.7. The second-order valence-corrected chi connectivity index (χ2v) is 8.36. The number of carbonyl (C=O) groups excluding carboxylic acids is 1. The SMILES string of the molecule is COc1ncccc1C(=O)CN1c2nc(N3CC4CC3CO4)cc(=O)n2CC[C@H]1C(F)(F)F. The van der Waals surface area contributed by atoms with Crippen LogP contribution in [0.3, 0.4) is 0 Å². The van der Waals surface area contributed by atoms with Crippen LogP contribution in [0.5, 0.6) is 5.88 Å². The predicted octanol–water partition coefficient (Wildman–Crippen LogP) is 1.65. The van der Waals surface area contributed by atoms with Crippen LogP contribution in [0.15, 0.2) is 29.2 Å². The molecule has 0 N–H and O–H groups in total. The highest BCUT2D eigenvalue weighted by Crippen LogP contribution is 2.36. The Labute approximate surface area is 186 Å². The standard InChI is InChI=1S/C21H22F3N5O4/c1-32-19-14(3-2-5-25-19)15(30)10-29-16(21(22,23)24)4-6-27-18(31)8-17(26-20(27)29)28-9-13-7-12(28)11-33-13/h2-3,5,8,12-13,16H,4,6-7,9-11H2,1H3/t12?,13?,16-/m0/s1. The Bertz CT molecular complexity index is 1140. The van der Waals surface area contributed by atoms with Gasteiger partial charge in [-0.1, -0.05) is 0 Å². The number of carbonyl (C=O) groups is 1. The summed E-state index contributed by atoms with van der Waals surface area (Å²) in [5.41, 5.74) is -0.388. The molecule has 3 atom stereocenters. The smallest absolute Gasteiger partial charge is 0.408 e. The van der Waals surface area contributed by atoms with Gasteiger partial charge < -0.3 is 19.3 Å². The van der Waals surface area contributed by atoms with E-state index in [1.54, 1.807) is 0 Å². The van der Waals surface area contributed by atoms with Gasteiger partial charge in [-0.3, -0.25) is 14.2 Å². The molecular formula is C21H22F3N5O4. The van der Waals surface area contributed by atoms with Crippen LogP contribution in [-0.4, -0.2) is 71.5 Å². The maximum atomic E-state index is 14.0. The number of nitrogens with zero attached hydrogens (tertiary/aromatic N) is 5. The van der Waals surface area contributed by atoms with Gasteiger partial charge in [0.25, 0.3) is 5.56 Å². The number of morpholine rings is 1. The summed E-state index contributed by atoms with van der Waals surface area (Å²) in [5.74, 6) is -0.446. The van der Waals surface area contributed by atoms with Crippen molar-refractivity contribution in [3.8, 4) is 5.88 Å². The van der Waals surface area contributed by atoms with Gasteiger partial charge >= 0.3 is 6.18 Å². The number of anilines is 2. The average molecular weight is 465 g/mol. The maximum absolute atomic E-state index is 14.0. The molecule has 176 valence electrons. The third-order valence-electron chi connectivity index (χ3n) is 6.39. The lowest BCUT2D eigenvalue weighted by Crippen LogP contribution is -2.54. The van der Waals surface area contributed by atoms with E-state index in [1.807, 2.05) is 4.90 Å². The molecule has 0 amide bonds. The number of Topliss-reactive ketones (excluding diaryl/α,β-unsaturated/α-hetero) is 1. The fraction of sp³-hybridized carbons (Fsp3) is 0.524. The molecule has 5 heterocycles. The van der Waals surface area contributed by atoms with Crippen molar-refractivity contribution in [1.29, 1.82) is 0 Å². The Hall–Kier alpha value is -3.15. The zero-order valence-electron chi connectivity index (χ0n) is 17.8. The van der Waals surface area contributed by atoms with Crippen LogP contribution in [0.1, 0.15) is 23.2 Å². The van der Waals surface area contributed by atoms with Gasteiger partial charge in [0.1, 0.15) is 11.9 Å². The van der Waals surface area contributed by atoms with Crippen molar-refractivity contribution in [2.24, 2.45) is 0 Å². The van der Waals surface area contributed by atoms with Crippen molar-refractivity contribution in [2.45, 2.75) is 43.8 Å². The quantitative estimate of drug-likeness (QED) is 0.616. The second kappa shape index (κ2) is 8.01. The molecule has 3 aliphatic heterocycles. The number of alkyl halides is 3. The first-order chi connectivity index (χ1) is 15.8. The summed E-state index contributed by atoms with van der Waals surface area (Å²) in [4.78, 5) is 37.1. The summed E-state index contributed by atoms with van der Waals surface area (Å²) in [5, 5.41) is 0. The molecule has 0 spiro atoms. The van der Waals surface area contributed by atoms with Crippen molar-refractivity contribution >= 4 is 17.5 Å². The normalized spacial score (nSPS) is 24.2. The number of halogens is 3. The Morgan fingerprint density at radius 2 is 2.18 bits per heavy atom. The fourth-order valence-electron chi connectivity index (χ4n) is 4.81. The Kier molecular flexibility index (Phi) is 5.26. The summed E-state index contributed by atoms with van der Waals surface area (Å²) in [6, 6.07) is 2.37. The monoisotopic (exact) mass is 465 g/mol. The minimum Gasteiger partial charge on any atom is -0.480 e. The minimum absolute atomic E-state index is 0.0224. The van der Waals surface area contributed by atoms with Gasteiger partial charge in [0, 0.05) is 25.4 Å². The number of methoxy groups -OCH3 is 1. The van der Waals surface area contributed by atoms with E-state index in [-0.39, 0.29) is 42.5 Å². The largest absolute Gasteiger partial charge is 0.480 e. The van der Waals surface area contributed by atoms with Crippen molar-refractivity contribution in [3.05, 3.63) is 40.3 Å². The van der Waals surface area contributed by atoms with Gasteiger partial charge in [0.15, 0.2) is 5.78 Å².